The van der Waals surface area contributed by atoms with Gasteiger partial charge in [0.15, 0.2) is 5.96 Å². The summed E-state index contributed by atoms with van der Waals surface area (Å²) in [7, 11) is 1.73. The normalized spacial score (nSPS) is 14.6. The Morgan fingerprint density at radius 3 is 2.71 bits per heavy atom. The summed E-state index contributed by atoms with van der Waals surface area (Å²) in [5.74, 6) is 2.25. The lowest BCUT2D eigenvalue weighted by molar-refractivity contribution is -0.120. The predicted octanol–water partition coefficient (Wildman–Crippen LogP) is 1.33. The molecule has 3 rings (SSSR count). The third-order valence-electron chi connectivity index (χ3n) is 4.28. The molecule has 0 atom stereocenters. The number of aliphatic imine (C=N–C) groups is 1. The molecule has 9 nitrogen and oxygen atoms in total. The van der Waals surface area contributed by atoms with Gasteiger partial charge in [0, 0.05) is 51.2 Å². The smallest absolute Gasteiger partial charge is 0.239 e. The number of furan rings is 1. The van der Waals surface area contributed by atoms with E-state index in [9.17, 15) is 4.79 Å². The molecule has 1 aliphatic rings. The van der Waals surface area contributed by atoms with Crippen LogP contribution in [0.3, 0.4) is 0 Å². The number of hydrogen-bond acceptors (Lipinski definition) is 7. The molecule has 0 spiro atoms. The number of carbonyl (C=O) groups is 1. The average Bonchev–Trinajstić information content (AvgIpc) is 3.39. The van der Waals surface area contributed by atoms with Crippen molar-refractivity contribution >= 4 is 52.5 Å². The number of anilines is 1. The van der Waals surface area contributed by atoms with Gasteiger partial charge in [-0.3, -0.25) is 9.79 Å². The Balaban J connectivity index is 0.00000280. The van der Waals surface area contributed by atoms with Crippen molar-refractivity contribution in [1.29, 1.82) is 0 Å². The van der Waals surface area contributed by atoms with Gasteiger partial charge < -0.3 is 24.9 Å². The molecular weight excluding hydrogens is 493 g/mol. The predicted molar refractivity (Wildman–Crippen MR) is 120 cm³/mol. The van der Waals surface area contributed by atoms with E-state index in [0.717, 1.165) is 55.3 Å². The first kappa shape index (κ1) is 22.4. The molecule has 11 heteroatoms. The fourth-order valence-corrected chi connectivity index (χ4v) is 3.58. The second-order valence-corrected chi connectivity index (χ2v) is 6.81. The third-order valence-corrected chi connectivity index (χ3v) is 5.10. The minimum absolute atomic E-state index is 0. The number of halogens is 1. The van der Waals surface area contributed by atoms with E-state index in [1.165, 1.54) is 11.5 Å². The lowest BCUT2D eigenvalue weighted by Gasteiger charge is -2.36. The Bertz CT molecular complexity index is 757. The first-order valence-electron chi connectivity index (χ1n) is 9.01. The topological polar surface area (TPSA) is 98.9 Å². The fraction of sp³-hybridized carbons (Fsp3) is 0.529. The number of hydrogen-bond donors (Lipinski definition) is 2. The van der Waals surface area contributed by atoms with E-state index < -0.39 is 0 Å². The molecule has 0 bridgehead atoms. The van der Waals surface area contributed by atoms with Crippen LogP contribution in [0.2, 0.25) is 0 Å². The van der Waals surface area contributed by atoms with Crippen molar-refractivity contribution in [3.05, 3.63) is 30.0 Å². The molecule has 154 valence electrons. The Morgan fingerprint density at radius 2 is 2.11 bits per heavy atom. The lowest BCUT2D eigenvalue weighted by Crippen LogP contribution is -2.53. The van der Waals surface area contributed by atoms with E-state index in [1.807, 2.05) is 6.07 Å². The minimum atomic E-state index is -0.104. The van der Waals surface area contributed by atoms with E-state index in [1.54, 1.807) is 19.4 Å². The molecule has 2 N–H and O–H groups in total. The van der Waals surface area contributed by atoms with Gasteiger partial charge in [0.2, 0.25) is 11.0 Å². The van der Waals surface area contributed by atoms with Crippen molar-refractivity contribution in [2.45, 2.75) is 19.9 Å². The second kappa shape index (κ2) is 11.2. The third kappa shape index (κ3) is 6.06. The van der Waals surface area contributed by atoms with E-state index in [4.69, 9.17) is 4.42 Å². The Labute approximate surface area is 185 Å². The first-order valence-corrected chi connectivity index (χ1v) is 9.79. The summed E-state index contributed by atoms with van der Waals surface area (Å²) in [6.07, 6.45) is 2.45. The van der Waals surface area contributed by atoms with E-state index in [2.05, 4.69) is 41.7 Å². The molecule has 0 aromatic carbocycles. The highest BCUT2D eigenvalue weighted by atomic mass is 127. The number of guanidine groups is 1. The van der Waals surface area contributed by atoms with Gasteiger partial charge in [0.1, 0.15) is 11.6 Å². The van der Waals surface area contributed by atoms with Gasteiger partial charge in [-0.1, -0.05) is 6.92 Å². The monoisotopic (exact) mass is 519 g/mol. The van der Waals surface area contributed by atoms with Crippen molar-refractivity contribution in [3.8, 4) is 0 Å². The molecule has 0 unspecified atom stereocenters. The molecule has 2 aromatic rings. The van der Waals surface area contributed by atoms with Gasteiger partial charge in [-0.05, 0) is 12.1 Å². The van der Waals surface area contributed by atoms with Crippen LogP contribution in [0.4, 0.5) is 5.13 Å². The Morgan fingerprint density at radius 1 is 1.32 bits per heavy atom. The summed E-state index contributed by atoms with van der Waals surface area (Å²) in [5.41, 5.74) is 0. The van der Waals surface area contributed by atoms with Gasteiger partial charge in [-0.15, -0.1) is 24.0 Å². The summed E-state index contributed by atoms with van der Waals surface area (Å²) < 4.78 is 9.55. The zero-order valence-electron chi connectivity index (χ0n) is 16.1. The second-order valence-electron chi connectivity index (χ2n) is 6.08. The van der Waals surface area contributed by atoms with Crippen LogP contribution in [-0.2, 0) is 17.8 Å². The number of carbonyl (C=O) groups excluding carboxylic acids is 1. The minimum Gasteiger partial charge on any atom is -0.467 e. The maximum absolute atomic E-state index is 12.0. The summed E-state index contributed by atoms with van der Waals surface area (Å²) in [6.45, 7) is 5.94. The van der Waals surface area contributed by atoms with Crippen LogP contribution in [0.15, 0.2) is 27.8 Å². The zero-order valence-corrected chi connectivity index (χ0v) is 19.2. The van der Waals surface area contributed by atoms with Gasteiger partial charge in [0.05, 0.1) is 19.4 Å². The van der Waals surface area contributed by atoms with Crippen LogP contribution in [0.5, 0.6) is 0 Å². The largest absolute Gasteiger partial charge is 0.467 e. The summed E-state index contributed by atoms with van der Waals surface area (Å²) in [4.78, 5) is 25.2. The number of nitrogens with zero attached hydrogens (tertiary/aromatic N) is 5. The zero-order chi connectivity index (χ0) is 19.1. The highest BCUT2D eigenvalue weighted by molar-refractivity contribution is 14.0. The molecular formula is C17H26IN7O2S. The van der Waals surface area contributed by atoms with Crippen LogP contribution in [0.25, 0.3) is 0 Å². The molecule has 1 amide bonds. The van der Waals surface area contributed by atoms with Gasteiger partial charge in [-0.2, -0.15) is 4.37 Å². The number of aromatic nitrogens is 2. The standard InChI is InChI=1S/C17H25N7O2S.HI/c1-3-14-21-17(27-22-14)24-8-6-23(7-9-24)16(18-2)20-12-15(25)19-11-13-5-4-10-26-13;/h4-5,10H,3,6-9,11-12H2,1-2H3,(H,18,20)(H,19,25);1H. The molecule has 3 heterocycles. The van der Waals surface area contributed by atoms with Crippen molar-refractivity contribution < 1.29 is 9.21 Å². The summed E-state index contributed by atoms with van der Waals surface area (Å²) in [5, 5.41) is 6.92. The Kier molecular flexibility index (Phi) is 8.96. The van der Waals surface area contributed by atoms with Crippen molar-refractivity contribution in [3.63, 3.8) is 0 Å². The highest BCUT2D eigenvalue weighted by Gasteiger charge is 2.22. The Hall–Kier alpha value is -1.89. The highest BCUT2D eigenvalue weighted by Crippen LogP contribution is 2.19. The van der Waals surface area contributed by atoms with Crippen molar-refractivity contribution in [2.24, 2.45) is 4.99 Å². The number of piperazine rings is 1. The van der Waals surface area contributed by atoms with Gasteiger partial charge in [-0.25, -0.2) is 4.98 Å². The average molecular weight is 519 g/mol. The first-order chi connectivity index (χ1) is 13.2. The molecule has 0 aliphatic carbocycles. The molecule has 1 saturated heterocycles. The lowest BCUT2D eigenvalue weighted by atomic mass is 10.3. The van der Waals surface area contributed by atoms with Crippen molar-refractivity contribution in [1.82, 2.24) is 24.9 Å². The molecule has 28 heavy (non-hydrogen) atoms. The number of aryl methyl sites for hydroxylation is 1. The summed E-state index contributed by atoms with van der Waals surface area (Å²) in [6, 6.07) is 3.62. The maximum atomic E-state index is 12.0. The number of amides is 1. The molecule has 0 saturated carbocycles. The SMILES string of the molecule is CCc1nsc(N2CCN(C(=NC)NCC(=O)NCc3ccco3)CC2)n1.I. The fourth-order valence-electron chi connectivity index (χ4n) is 2.78. The van der Waals surface area contributed by atoms with Gasteiger partial charge >= 0.3 is 0 Å². The van der Waals surface area contributed by atoms with Crippen LogP contribution in [0, 0.1) is 0 Å². The molecule has 1 fully saturated rings. The molecule has 0 radical (unpaired) electrons. The van der Waals surface area contributed by atoms with E-state index in [-0.39, 0.29) is 36.4 Å². The maximum Gasteiger partial charge on any atom is 0.239 e. The van der Waals surface area contributed by atoms with E-state index in [0.29, 0.717) is 6.54 Å². The molecule has 1 aliphatic heterocycles. The van der Waals surface area contributed by atoms with Crippen molar-refractivity contribution in [2.75, 3.05) is 44.7 Å². The summed E-state index contributed by atoms with van der Waals surface area (Å²) >= 11 is 1.45. The van der Waals surface area contributed by atoms with Crippen LogP contribution in [-0.4, -0.2) is 65.9 Å². The number of rotatable bonds is 6. The quantitative estimate of drug-likeness (QED) is 0.338. The van der Waals surface area contributed by atoms with Crippen LogP contribution in [0.1, 0.15) is 18.5 Å². The van der Waals surface area contributed by atoms with Gasteiger partial charge in [0.25, 0.3) is 0 Å². The van der Waals surface area contributed by atoms with Crippen LogP contribution < -0.4 is 15.5 Å². The van der Waals surface area contributed by atoms with E-state index >= 15 is 0 Å². The molecule has 2 aromatic heterocycles. The number of nitrogens with one attached hydrogen (secondary N) is 2. The van der Waals surface area contributed by atoms with Crippen LogP contribution >= 0.6 is 35.5 Å².